The first-order valence-corrected chi connectivity index (χ1v) is 16.5. The average Bonchev–Trinajstić information content (AvgIpc) is 3.09. The van der Waals surface area contributed by atoms with Crippen LogP contribution < -0.4 is 26.2 Å². The third-order valence-electron chi connectivity index (χ3n) is 9.71. The summed E-state index contributed by atoms with van der Waals surface area (Å²) in [6.07, 6.45) is 0. The lowest BCUT2D eigenvalue weighted by molar-refractivity contribution is 0.841. The molecular weight excluding hydrogens is 565 g/mol. The zero-order valence-electron chi connectivity index (χ0n) is 25.0. The molecule has 6 aromatic carbocycles. The minimum absolute atomic E-state index is 0.0865. The molecule has 0 saturated carbocycles. The average molecular weight is 594 g/mol. The summed E-state index contributed by atoms with van der Waals surface area (Å²) < 4.78 is 0. The zero-order chi connectivity index (χ0) is 29.8. The van der Waals surface area contributed by atoms with E-state index in [4.69, 9.17) is 4.98 Å². The van der Waals surface area contributed by atoms with E-state index in [9.17, 15) is 0 Å². The number of hydrogen-bond acceptors (Lipinski definition) is 4. The van der Waals surface area contributed by atoms with Gasteiger partial charge in [-0.25, -0.2) is 4.98 Å². The largest absolute Gasteiger partial charge is 0.309 e. The SMILES string of the molecule is CC(C)c1nc2c3c4c(cc2c2ccccc12)N1c2ccccc2Sc2cccc(c21)B4c1ccccc1N3c1ccccc1. The van der Waals surface area contributed by atoms with E-state index in [1.165, 1.54) is 70.8 Å². The van der Waals surface area contributed by atoms with Crippen LogP contribution in [0.3, 0.4) is 0 Å². The lowest BCUT2D eigenvalue weighted by Crippen LogP contribution is -2.61. The summed E-state index contributed by atoms with van der Waals surface area (Å²) in [7, 11) is 0. The standard InChI is InChI=1S/C40H28BN3S/c1-24(2)37-27-16-7-6-15-26(27)28-23-33-36-40(38(28)42-37)43(25-13-4-3-5-14-25)31-19-9-8-17-29(31)41(36)30-18-12-22-35-39(30)44(33)32-20-10-11-21-34(32)45-35/h3-24H,1-2H3. The Morgan fingerprint density at radius 3 is 2.11 bits per heavy atom. The minimum atomic E-state index is 0.0865. The number of anilines is 6. The fourth-order valence-corrected chi connectivity index (χ4v) is 9.03. The highest BCUT2D eigenvalue weighted by atomic mass is 32.2. The van der Waals surface area contributed by atoms with Crippen LogP contribution in [0.4, 0.5) is 34.1 Å². The van der Waals surface area contributed by atoms with Gasteiger partial charge < -0.3 is 9.80 Å². The normalized spacial score (nSPS) is 14.0. The van der Waals surface area contributed by atoms with Crippen LogP contribution in [0, 0.1) is 0 Å². The van der Waals surface area contributed by atoms with Gasteiger partial charge in [0.1, 0.15) is 0 Å². The Hall–Kier alpha value is -5.00. The fourth-order valence-electron chi connectivity index (χ4n) is 7.93. The monoisotopic (exact) mass is 593 g/mol. The lowest BCUT2D eigenvalue weighted by Gasteiger charge is -2.46. The Morgan fingerprint density at radius 2 is 1.27 bits per heavy atom. The van der Waals surface area contributed by atoms with E-state index in [-0.39, 0.29) is 12.6 Å². The third kappa shape index (κ3) is 3.36. The number of benzene rings is 6. The Labute approximate surface area is 267 Å². The van der Waals surface area contributed by atoms with Crippen molar-refractivity contribution in [2.24, 2.45) is 0 Å². The van der Waals surface area contributed by atoms with E-state index in [0.29, 0.717) is 0 Å². The molecule has 5 heteroatoms. The Kier molecular flexibility index (Phi) is 5.21. The Balaban J connectivity index is 1.45. The van der Waals surface area contributed by atoms with Gasteiger partial charge in [-0.3, -0.25) is 0 Å². The first kappa shape index (κ1) is 25.3. The highest BCUT2D eigenvalue weighted by Gasteiger charge is 2.46. The number of para-hydroxylation sites is 4. The molecule has 3 aliphatic rings. The molecule has 3 aliphatic heterocycles. The van der Waals surface area contributed by atoms with E-state index in [2.05, 4.69) is 151 Å². The van der Waals surface area contributed by atoms with Crippen molar-refractivity contribution in [3.63, 3.8) is 0 Å². The molecule has 1 aromatic heterocycles. The van der Waals surface area contributed by atoms with Gasteiger partial charge in [-0.1, -0.05) is 111 Å². The molecule has 0 amide bonds. The maximum Gasteiger partial charge on any atom is 0.252 e. The van der Waals surface area contributed by atoms with Gasteiger partial charge in [0, 0.05) is 37.6 Å². The van der Waals surface area contributed by atoms with Gasteiger partial charge in [-0.05, 0) is 70.2 Å². The molecule has 0 bridgehead atoms. The molecule has 212 valence electrons. The molecule has 0 atom stereocenters. The van der Waals surface area contributed by atoms with Crippen molar-refractivity contribution >= 4 is 90.7 Å². The van der Waals surface area contributed by atoms with Gasteiger partial charge in [0.25, 0.3) is 6.71 Å². The summed E-state index contributed by atoms with van der Waals surface area (Å²) in [5, 5.41) is 3.68. The number of nitrogens with zero attached hydrogens (tertiary/aromatic N) is 3. The first-order chi connectivity index (χ1) is 22.2. The molecule has 45 heavy (non-hydrogen) atoms. The van der Waals surface area contributed by atoms with Crippen LogP contribution >= 0.6 is 11.8 Å². The molecule has 0 unspecified atom stereocenters. The summed E-state index contributed by atoms with van der Waals surface area (Å²) >= 11 is 1.88. The third-order valence-corrected chi connectivity index (χ3v) is 10.8. The number of pyridine rings is 1. The van der Waals surface area contributed by atoms with Crippen molar-refractivity contribution in [1.29, 1.82) is 0 Å². The highest BCUT2D eigenvalue weighted by molar-refractivity contribution is 7.99. The predicted octanol–water partition coefficient (Wildman–Crippen LogP) is 9.06. The quantitative estimate of drug-likeness (QED) is 0.147. The molecule has 0 aliphatic carbocycles. The molecule has 10 rings (SSSR count). The molecule has 0 N–H and O–H groups in total. The van der Waals surface area contributed by atoms with Crippen molar-refractivity contribution < 1.29 is 0 Å². The van der Waals surface area contributed by atoms with E-state index in [1.54, 1.807) is 0 Å². The summed E-state index contributed by atoms with van der Waals surface area (Å²) in [5.74, 6) is 0.286. The Bertz CT molecular complexity index is 2370. The van der Waals surface area contributed by atoms with Crippen molar-refractivity contribution in [2.45, 2.75) is 29.6 Å². The zero-order valence-corrected chi connectivity index (χ0v) is 25.8. The summed E-state index contributed by atoms with van der Waals surface area (Å²) in [4.78, 5) is 13.2. The van der Waals surface area contributed by atoms with Crippen molar-refractivity contribution in [3.05, 3.63) is 133 Å². The molecule has 3 nitrogen and oxygen atoms in total. The van der Waals surface area contributed by atoms with E-state index in [1.807, 2.05) is 11.8 Å². The van der Waals surface area contributed by atoms with Crippen LogP contribution in [0.5, 0.6) is 0 Å². The van der Waals surface area contributed by atoms with Gasteiger partial charge in [-0.15, -0.1) is 0 Å². The number of fused-ring (bicyclic) bond motifs is 10. The first-order valence-electron chi connectivity index (χ1n) is 15.7. The van der Waals surface area contributed by atoms with Crippen LogP contribution in [0.15, 0.2) is 137 Å². The van der Waals surface area contributed by atoms with Gasteiger partial charge in [-0.2, -0.15) is 0 Å². The number of hydrogen-bond donors (Lipinski definition) is 0. The number of aromatic nitrogens is 1. The van der Waals surface area contributed by atoms with Crippen LogP contribution in [0.1, 0.15) is 25.5 Å². The van der Waals surface area contributed by atoms with Gasteiger partial charge >= 0.3 is 0 Å². The van der Waals surface area contributed by atoms with Crippen LogP contribution in [0.2, 0.25) is 0 Å². The van der Waals surface area contributed by atoms with Gasteiger partial charge in [0.05, 0.1) is 28.3 Å². The van der Waals surface area contributed by atoms with E-state index in [0.717, 1.165) is 16.9 Å². The summed E-state index contributed by atoms with van der Waals surface area (Å²) in [6.45, 7) is 4.61. The molecule has 0 spiro atoms. The van der Waals surface area contributed by atoms with Crippen molar-refractivity contribution in [1.82, 2.24) is 4.98 Å². The van der Waals surface area contributed by atoms with Gasteiger partial charge in [0.2, 0.25) is 0 Å². The second kappa shape index (κ2) is 9.26. The van der Waals surface area contributed by atoms with E-state index < -0.39 is 0 Å². The summed E-state index contributed by atoms with van der Waals surface area (Å²) in [5.41, 5.74) is 13.6. The highest BCUT2D eigenvalue weighted by Crippen LogP contribution is 2.54. The van der Waals surface area contributed by atoms with Crippen LogP contribution in [-0.2, 0) is 0 Å². The summed E-state index contributed by atoms with van der Waals surface area (Å²) in [6, 6.07) is 46.9. The minimum Gasteiger partial charge on any atom is -0.309 e. The molecule has 0 radical (unpaired) electrons. The Morgan fingerprint density at radius 1 is 0.578 bits per heavy atom. The number of rotatable bonds is 2. The lowest BCUT2D eigenvalue weighted by atomic mass is 9.33. The maximum absolute atomic E-state index is 5.62. The fraction of sp³-hybridized carbons (Fsp3) is 0.0750. The van der Waals surface area contributed by atoms with E-state index >= 15 is 0 Å². The molecule has 4 heterocycles. The smallest absolute Gasteiger partial charge is 0.252 e. The molecule has 7 aromatic rings. The second-order valence-corrected chi connectivity index (χ2v) is 13.6. The van der Waals surface area contributed by atoms with Crippen molar-refractivity contribution in [2.75, 3.05) is 9.80 Å². The molecule has 0 saturated heterocycles. The predicted molar refractivity (Wildman–Crippen MR) is 191 cm³/mol. The molecule has 0 fully saturated rings. The molecular formula is C40H28BN3S. The topological polar surface area (TPSA) is 19.4 Å². The maximum atomic E-state index is 5.62. The second-order valence-electron chi connectivity index (χ2n) is 12.5. The van der Waals surface area contributed by atoms with Gasteiger partial charge in [0.15, 0.2) is 0 Å². The van der Waals surface area contributed by atoms with Crippen LogP contribution in [0.25, 0.3) is 21.7 Å². The van der Waals surface area contributed by atoms with Crippen LogP contribution in [-0.4, -0.2) is 11.7 Å². The van der Waals surface area contributed by atoms with Crippen molar-refractivity contribution in [3.8, 4) is 0 Å².